The van der Waals surface area contributed by atoms with Crippen molar-refractivity contribution in [3.05, 3.63) is 29.4 Å². The van der Waals surface area contributed by atoms with Crippen LogP contribution in [-0.2, 0) is 0 Å². The predicted molar refractivity (Wildman–Crippen MR) is 51.8 cm³/mol. The van der Waals surface area contributed by atoms with E-state index in [1.165, 1.54) is 0 Å². The normalized spacial score (nSPS) is 19.7. The Morgan fingerprint density at radius 1 is 1.08 bits per heavy atom. The topological polar surface area (TPSA) is 38.7 Å². The molecule has 2 rings (SSSR count). The van der Waals surface area contributed by atoms with Crippen LogP contribution in [0.5, 0.6) is 0 Å². The minimum Gasteiger partial charge on any atom is -0.230 e. The van der Waals surface area contributed by atoms with Crippen LogP contribution in [0.4, 0.5) is 0 Å². The van der Waals surface area contributed by atoms with Gasteiger partial charge in [0.25, 0.3) is 0 Å². The van der Waals surface area contributed by atoms with Crippen LogP contribution >= 0.6 is 0 Å². The van der Waals surface area contributed by atoms with Gasteiger partial charge in [-0.05, 0) is 25.0 Å². The van der Waals surface area contributed by atoms with Crippen LogP contribution in [0.3, 0.4) is 0 Å². The lowest BCUT2D eigenvalue weighted by Gasteiger charge is -1.96. The fourth-order valence-electron chi connectivity index (χ4n) is 1.22. The summed E-state index contributed by atoms with van der Waals surface area (Å²) in [5.74, 6) is 1.16. The third kappa shape index (κ3) is 1.64. The van der Waals surface area contributed by atoms with Crippen molar-refractivity contribution in [1.29, 1.82) is 0 Å². The van der Waals surface area contributed by atoms with Crippen LogP contribution < -0.4 is 0 Å². The molecule has 1 atom stereocenters. The van der Waals surface area contributed by atoms with Gasteiger partial charge in [0.2, 0.25) is 0 Å². The van der Waals surface area contributed by atoms with Crippen LogP contribution in [0.25, 0.3) is 12.2 Å². The highest BCUT2D eigenvalue weighted by atomic mass is 15.2. The molecule has 0 spiro atoms. The number of allylic oxidation sites excluding steroid dienone is 2. The summed E-state index contributed by atoms with van der Waals surface area (Å²) in [4.78, 5) is 4.30. The van der Waals surface area contributed by atoms with Crippen LogP contribution in [-0.4, -0.2) is 15.2 Å². The van der Waals surface area contributed by atoms with Crippen molar-refractivity contribution in [3.8, 4) is 0 Å². The number of aromatic nitrogens is 3. The Morgan fingerprint density at radius 2 is 1.77 bits per heavy atom. The SMILES string of the molecule is Cc1nnc2c(n1)C=CC(C)C=C2. The van der Waals surface area contributed by atoms with Crippen molar-refractivity contribution in [2.45, 2.75) is 13.8 Å². The van der Waals surface area contributed by atoms with E-state index in [2.05, 4.69) is 34.3 Å². The summed E-state index contributed by atoms with van der Waals surface area (Å²) in [7, 11) is 0. The Bertz CT molecular complexity index is 380. The van der Waals surface area contributed by atoms with E-state index in [-0.39, 0.29) is 0 Å². The van der Waals surface area contributed by atoms with Crippen molar-refractivity contribution < 1.29 is 0 Å². The molecule has 1 aromatic heterocycles. The summed E-state index contributed by atoms with van der Waals surface area (Å²) in [6, 6.07) is 0. The molecule has 0 fully saturated rings. The lowest BCUT2D eigenvalue weighted by atomic mass is 10.2. The Morgan fingerprint density at radius 3 is 2.54 bits per heavy atom. The average Bonchev–Trinajstić information content (AvgIpc) is 2.29. The Balaban J connectivity index is 2.53. The van der Waals surface area contributed by atoms with Gasteiger partial charge in [-0.25, -0.2) is 4.98 Å². The zero-order valence-electron chi connectivity index (χ0n) is 7.73. The molecule has 0 amide bonds. The molecule has 66 valence electrons. The molecule has 1 unspecified atom stereocenters. The monoisotopic (exact) mass is 173 g/mol. The fraction of sp³-hybridized carbons (Fsp3) is 0.300. The third-order valence-corrected chi connectivity index (χ3v) is 1.96. The summed E-state index contributed by atoms with van der Waals surface area (Å²) in [6.45, 7) is 3.97. The second kappa shape index (κ2) is 3.09. The summed E-state index contributed by atoms with van der Waals surface area (Å²) < 4.78 is 0. The van der Waals surface area contributed by atoms with Gasteiger partial charge in [0.1, 0.15) is 11.5 Å². The Kier molecular flexibility index (Phi) is 1.93. The van der Waals surface area contributed by atoms with Gasteiger partial charge in [-0.1, -0.05) is 19.1 Å². The van der Waals surface area contributed by atoms with Gasteiger partial charge in [0.15, 0.2) is 0 Å². The van der Waals surface area contributed by atoms with E-state index < -0.39 is 0 Å². The zero-order chi connectivity index (χ0) is 9.26. The maximum absolute atomic E-state index is 4.30. The van der Waals surface area contributed by atoms with Crippen LogP contribution in [0.15, 0.2) is 12.2 Å². The molecule has 0 aliphatic heterocycles. The third-order valence-electron chi connectivity index (χ3n) is 1.96. The van der Waals surface area contributed by atoms with E-state index in [0.717, 1.165) is 11.4 Å². The molecule has 1 heterocycles. The fourth-order valence-corrected chi connectivity index (χ4v) is 1.22. The van der Waals surface area contributed by atoms with E-state index in [4.69, 9.17) is 0 Å². The molecule has 0 bridgehead atoms. The standard InChI is InChI=1S/C10H11N3/c1-7-3-5-9-10(6-4-7)13-12-8(2)11-9/h3-7H,1-2H3. The van der Waals surface area contributed by atoms with Crippen molar-refractivity contribution in [3.63, 3.8) is 0 Å². The number of aryl methyl sites for hydroxylation is 1. The van der Waals surface area contributed by atoms with Gasteiger partial charge in [-0.3, -0.25) is 0 Å². The van der Waals surface area contributed by atoms with E-state index in [9.17, 15) is 0 Å². The first kappa shape index (κ1) is 8.10. The van der Waals surface area contributed by atoms with Gasteiger partial charge < -0.3 is 0 Å². The molecule has 0 saturated carbocycles. The maximum atomic E-state index is 4.30. The highest BCUT2D eigenvalue weighted by Gasteiger charge is 2.05. The molecule has 1 aliphatic rings. The molecule has 0 N–H and O–H groups in total. The number of fused-ring (bicyclic) bond motifs is 1. The van der Waals surface area contributed by atoms with Crippen LogP contribution in [0.2, 0.25) is 0 Å². The highest BCUT2D eigenvalue weighted by molar-refractivity contribution is 5.61. The molecule has 0 aromatic carbocycles. The summed E-state index contributed by atoms with van der Waals surface area (Å²) in [5.41, 5.74) is 1.76. The second-order valence-corrected chi connectivity index (χ2v) is 3.21. The van der Waals surface area contributed by atoms with Gasteiger partial charge >= 0.3 is 0 Å². The summed E-state index contributed by atoms with van der Waals surface area (Å²) >= 11 is 0. The van der Waals surface area contributed by atoms with Crippen molar-refractivity contribution >= 4 is 12.2 Å². The van der Waals surface area contributed by atoms with Crippen molar-refractivity contribution in [2.75, 3.05) is 0 Å². The lowest BCUT2D eigenvalue weighted by Crippen LogP contribution is -1.97. The number of rotatable bonds is 0. The van der Waals surface area contributed by atoms with Gasteiger partial charge in [-0.15, -0.1) is 10.2 Å². The number of hydrogen-bond donors (Lipinski definition) is 0. The summed E-state index contributed by atoms with van der Waals surface area (Å²) in [5, 5.41) is 7.98. The largest absolute Gasteiger partial charge is 0.230 e. The van der Waals surface area contributed by atoms with Gasteiger partial charge in [0, 0.05) is 0 Å². The smallest absolute Gasteiger partial charge is 0.148 e. The first-order valence-electron chi connectivity index (χ1n) is 4.33. The van der Waals surface area contributed by atoms with Gasteiger partial charge in [0.05, 0.1) is 5.69 Å². The first-order chi connectivity index (χ1) is 6.25. The molecule has 13 heavy (non-hydrogen) atoms. The summed E-state index contributed by atoms with van der Waals surface area (Å²) in [6.07, 6.45) is 8.17. The van der Waals surface area contributed by atoms with E-state index in [1.54, 1.807) is 0 Å². The first-order valence-corrected chi connectivity index (χ1v) is 4.33. The molecule has 3 heteroatoms. The predicted octanol–water partition coefficient (Wildman–Crippen LogP) is 1.86. The Labute approximate surface area is 77.2 Å². The average molecular weight is 173 g/mol. The van der Waals surface area contributed by atoms with Crippen LogP contribution in [0.1, 0.15) is 24.1 Å². The molecule has 1 aromatic rings. The molecule has 0 radical (unpaired) electrons. The van der Waals surface area contributed by atoms with Crippen molar-refractivity contribution in [2.24, 2.45) is 5.92 Å². The van der Waals surface area contributed by atoms with E-state index in [1.807, 2.05) is 19.1 Å². The highest BCUT2D eigenvalue weighted by Crippen LogP contribution is 2.15. The number of nitrogens with zero attached hydrogens (tertiary/aromatic N) is 3. The molecular formula is C10H11N3. The second-order valence-electron chi connectivity index (χ2n) is 3.21. The lowest BCUT2D eigenvalue weighted by molar-refractivity contribution is 0.891. The molecule has 1 aliphatic carbocycles. The molecular weight excluding hydrogens is 162 g/mol. The minimum atomic E-state index is 0.441. The minimum absolute atomic E-state index is 0.441. The van der Waals surface area contributed by atoms with Crippen LogP contribution in [0, 0.1) is 12.8 Å². The maximum Gasteiger partial charge on any atom is 0.148 e. The molecule has 0 saturated heterocycles. The zero-order valence-corrected chi connectivity index (χ0v) is 7.73. The quantitative estimate of drug-likeness (QED) is 0.601. The van der Waals surface area contributed by atoms with Crippen molar-refractivity contribution in [1.82, 2.24) is 15.2 Å². The van der Waals surface area contributed by atoms with Gasteiger partial charge in [-0.2, -0.15) is 0 Å². The van der Waals surface area contributed by atoms with E-state index in [0.29, 0.717) is 11.7 Å². The van der Waals surface area contributed by atoms with E-state index >= 15 is 0 Å². The Hall–Kier alpha value is -1.51. The number of hydrogen-bond acceptors (Lipinski definition) is 3. The molecule has 3 nitrogen and oxygen atoms in total.